The standard InChI is InChI=1S/C21H23N3O3/c1-23-20(26)22-13-21(23)14-24(15-21)19(25)11-17-9-5-6-10-18(17)27-12-16-7-3-2-4-8-16/h2-10H,11-15H2,1H3,(H,22,26). The lowest BCUT2D eigenvalue weighted by Gasteiger charge is -2.50. The van der Waals surface area contributed by atoms with E-state index in [9.17, 15) is 9.59 Å². The lowest BCUT2D eigenvalue weighted by molar-refractivity contribution is -0.141. The number of hydrogen-bond donors (Lipinski definition) is 1. The molecule has 0 radical (unpaired) electrons. The van der Waals surface area contributed by atoms with Crippen LogP contribution in [0.5, 0.6) is 5.75 Å². The zero-order valence-electron chi connectivity index (χ0n) is 15.4. The molecule has 0 atom stereocenters. The highest BCUT2D eigenvalue weighted by Crippen LogP contribution is 2.31. The molecule has 27 heavy (non-hydrogen) atoms. The molecule has 0 saturated carbocycles. The molecule has 2 aromatic carbocycles. The Morgan fingerprint density at radius 3 is 2.52 bits per heavy atom. The molecule has 2 aliphatic rings. The highest BCUT2D eigenvalue weighted by Gasteiger charge is 2.53. The zero-order chi connectivity index (χ0) is 18.9. The molecule has 0 unspecified atom stereocenters. The van der Waals surface area contributed by atoms with Crippen LogP contribution in [0.15, 0.2) is 54.6 Å². The Morgan fingerprint density at radius 1 is 1.11 bits per heavy atom. The van der Waals surface area contributed by atoms with E-state index >= 15 is 0 Å². The highest BCUT2D eigenvalue weighted by molar-refractivity contribution is 5.83. The molecule has 0 aromatic heterocycles. The number of carbonyl (C=O) groups excluding carboxylic acids is 2. The van der Waals surface area contributed by atoms with Gasteiger partial charge in [0, 0.05) is 32.2 Å². The third kappa shape index (κ3) is 3.35. The predicted octanol–water partition coefficient (Wildman–Crippen LogP) is 2.04. The Bertz CT molecular complexity index is 847. The zero-order valence-corrected chi connectivity index (χ0v) is 15.4. The summed E-state index contributed by atoms with van der Waals surface area (Å²) in [6, 6.07) is 17.6. The van der Waals surface area contributed by atoms with Crippen molar-refractivity contribution in [3.63, 3.8) is 0 Å². The number of hydrogen-bond acceptors (Lipinski definition) is 3. The van der Waals surface area contributed by atoms with Crippen molar-refractivity contribution in [2.45, 2.75) is 18.6 Å². The third-order valence-corrected chi connectivity index (χ3v) is 5.46. The Labute approximate surface area is 158 Å². The van der Waals surface area contributed by atoms with Gasteiger partial charge in [-0.25, -0.2) is 4.79 Å². The summed E-state index contributed by atoms with van der Waals surface area (Å²) in [4.78, 5) is 27.9. The minimum Gasteiger partial charge on any atom is -0.489 e. The van der Waals surface area contributed by atoms with E-state index in [-0.39, 0.29) is 17.5 Å². The molecule has 2 saturated heterocycles. The molecule has 1 spiro atoms. The molecule has 4 rings (SSSR count). The van der Waals surface area contributed by atoms with Gasteiger partial charge in [-0.2, -0.15) is 0 Å². The second-order valence-corrected chi connectivity index (χ2v) is 7.25. The van der Waals surface area contributed by atoms with Gasteiger partial charge in [0.2, 0.25) is 5.91 Å². The summed E-state index contributed by atoms with van der Waals surface area (Å²) in [6.07, 6.45) is 0.298. The van der Waals surface area contributed by atoms with Gasteiger partial charge in [-0.15, -0.1) is 0 Å². The monoisotopic (exact) mass is 365 g/mol. The lowest BCUT2D eigenvalue weighted by Crippen LogP contribution is -2.70. The predicted molar refractivity (Wildman–Crippen MR) is 101 cm³/mol. The quantitative estimate of drug-likeness (QED) is 0.882. The minimum atomic E-state index is -0.240. The first-order valence-electron chi connectivity index (χ1n) is 9.11. The van der Waals surface area contributed by atoms with Gasteiger partial charge in [0.05, 0.1) is 12.0 Å². The van der Waals surface area contributed by atoms with Gasteiger partial charge in [0.1, 0.15) is 12.4 Å². The molecule has 6 heteroatoms. The second kappa shape index (κ2) is 6.95. The summed E-state index contributed by atoms with van der Waals surface area (Å²) in [5.41, 5.74) is 1.73. The van der Waals surface area contributed by atoms with E-state index in [0.29, 0.717) is 32.7 Å². The maximum atomic E-state index is 12.7. The van der Waals surface area contributed by atoms with E-state index < -0.39 is 0 Å². The van der Waals surface area contributed by atoms with Crippen LogP contribution in [0.3, 0.4) is 0 Å². The SMILES string of the molecule is CN1C(=O)NCC12CN(C(=O)Cc1ccccc1OCc1ccccc1)C2. The van der Waals surface area contributed by atoms with Crippen LogP contribution in [-0.4, -0.2) is 54.0 Å². The molecule has 0 bridgehead atoms. The fraction of sp³-hybridized carbons (Fsp3) is 0.333. The van der Waals surface area contributed by atoms with Crippen LogP contribution in [0.2, 0.25) is 0 Å². The summed E-state index contributed by atoms with van der Waals surface area (Å²) < 4.78 is 5.95. The maximum Gasteiger partial charge on any atom is 0.317 e. The van der Waals surface area contributed by atoms with Gasteiger partial charge < -0.3 is 19.9 Å². The number of nitrogens with one attached hydrogen (secondary N) is 1. The summed E-state index contributed by atoms with van der Waals surface area (Å²) in [5, 5.41) is 2.84. The minimum absolute atomic E-state index is 0.0594. The summed E-state index contributed by atoms with van der Waals surface area (Å²) >= 11 is 0. The average Bonchev–Trinajstić information content (AvgIpc) is 2.96. The second-order valence-electron chi connectivity index (χ2n) is 7.25. The molecule has 140 valence electrons. The van der Waals surface area contributed by atoms with Crippen molar-refractivity contribution < 1.29 is 14.3 Å². The first-order chi connectivity index (χ1) is 13.1. The van der Waals surface area contributed by atoms with Crippen LogP contribution in [-0.2, 0) is 17.8 Å². The Hall–Kier alpha value is -3.02. The number of para-hydroxylation sites is 1. The van der Waals surface area contributed by atoms with Gasteiger partial charge in [-0.1, -0.05) is 48.5 Å². The van der Waals surface area contributed by atoms with Crippen molar-refractivity contribution >= 4 is 11.9 Å². The fourth-order valence-corrected chi connectivity index (χ4v) is 3.66. The van der Waals surface area contributed by atoms with Crippen molar-refractivity contribution in [2.75, 3.05) is 26.7 Å². The number of likely N-dealkylation sites (N-methyl/N-ethyl adjacent to an activating group) is 1. The van der Waals surface area contributed by atoms with Crippen LogP contribution in [0.25, 0.3) is 0 Å². The molecule has 0 aliphatic carbocycles. The Morgan fingerprint density at radius 2 is 1.81 bits per heavy atom. The summed E-state index contributed by atoms with van der Waals surface area (Å²) in [5.74, 6) is 0.795. The van der Waals surface area contributed by atoms with E-state index in [1.807, 2.05) is 59.5 Å². The van der Waals surface area contributed by atoms with Crippen LogP contribution < -0.4 is 10.1 Å². The van der Waals surface area contributed by atoms with Gasteiger partial charge in [-0.05, 0) is 11.6 Å². The van der Waals surface area contributed by atoms with Crippen molar-refractivity contribution in [1.82, 2.24) is 15.1 Å². The smallest absolute Gasteiger partial charge is 0.317 e. The number of likely N-dealkylation sites (tertiary alicyclic amines) is 1. The van der Waals surface area contributed by atoms with Crippen molar-refractivity contribution in [3.05, 3.63) is 65.7 Å². The largest absolute Gasteiger partial charge is 0.489 e. The number of amides is 3. The molecule has 2 heterocycles. The van der Waals surface area contributed by atoms with E-state index in [2.05, 4.69) is 5.32 Å². The summed E-state index contributed by atoms with van der Waals surface area (Å²) in [6.45, 7) is 2.22. The van der Waals surface area contributed by atoms with Crippen LogP contribution in [0.1, 0.15) is 11.1 Å². The molecular weight excluding hydrogens is 342 g/mol. The number of nitrogens with zero attached hydrogens (tertiary/aromatic N) is 2. The van der Waals surface area contributed by atoms with E-state index in [0.717, 1.165) is 16.9 Å². The van der Waals surface area contributed by atoms with Gasteiger partial charge in [-0.3, -0.25) is 4.79 Å². The van der Waals surface area contributed by atoms with E-state index in [1.165, 1.54) is 0 Å². The van der Waals surface area contributed by atoms with Crippen molar-refractivity contribution in [1.29, 1.82) is 0 Å². The van der Waals surface area contributed by atoms with Crippen molar-refractivity contribution in [2.24, 2.45) is 0 Å². The van der Waals surface area contributed by atoms with Gasteiger partial charge >= 0.3 is 6.03 Å². The topological polar surface area (TPSA) is 61.9 Å². The molecule has 2 fully saturated rings. The molecule has 3 amide bonds. The fourth-order valence-electron chi connectivity index (χ4n) is 3.66. The molecule has 1 N–H and O–H groups in total. The summed E-state index contributed by atoms with van der Waals surface area (Å²) in [7, 11) is 1.79. The third-order valence-electron chi connectivity index (χ3n) is 5.46. The molecule has 2 aliphatic heterocycles. The first kappa shape index (κ1) is 17.4. The number of urea groups is 1. The maximum absolute atomic E-state index is 12.7. The molecular formula is C21H23N3O3. The van der Waals surface area contributed by atoms with Crippen LogP contribution >= 0.6 is 0 Å². The number of rotatable bonds is 5. The number of carbonyl (C=O) groups is 2. The van der Waals surface area contributed by atoms with Crippen LogP contribution in [0, 0.1) is 0 Å². The van der Waals surface area contributed by atoms with Crippen molar-refractivity contribution in [3.8, 4) is 5.75 Å². The first-order valence-corrected chi connectivity index (χ1v) is 9.11. The average molecular weight is 365 g/mol. The van der Waals surface area contributed by atoms with Gasteiger partial charge in [0.25, 0.3) is 0 Å². The lowest BCUT2D eigenvalue weighted by atomic mass is 9.89. The van der Waals surface area contributed by atoms with E-state index in [4.69, 9.17) is 4.74 Å². The normalized spacial score (nSPS) is 17.6. The molecule has 2 aromatic rings. The number of benzene rings is 2. The Kier molecular flexibility index (Phi) is 4.48. The number of ether oxygens (including phenoxy) is 1. The Balaban J connectivity index is 1.37. The van der Waals surface area contributed by atoms with E-state index in [1.54, 1.807) is 11.9 Å². The molecule has 6 nitrogen and oxygen atoms in total. The highest BCUT2D eigenvalue weighted by atomic mass is 16.5. The van der Waals surface area contributed by atoms with Gasteiger partial charge in [0.15, 0.2) is 0 Å². The van der Waals surface area contributed by atoms with Crippen LogP contribution in [0.4, 0.5) is 4.79 Å².